The standard InChI is InChI=1S/C33H21BrClFN2O3/c34-21-10-5-19(6-11-21)30(40)31-33(24-3-1-2-4-25(24)37-32(33)41)28(29(39)18-7-13-23(36)14-8-18)27-15-9-20-17-22(35)12-16-26(20)38(27)31/h1-17,27-28,31H,(H,37,41)/t27?,28-,31+,33+/m1/s1. The molecule has 4 aromatic rings. The summed E-state index contributed by atoms with van der Waals surface area (Å²) < 4.78 is 14.7. The molecule has 4 aromatic carbocycles. The molecule has 0 saturated carbocycles. The zero-order valence-corrected chi connectivity index (χ0v) is 23.7. The Kier molecular flexibility index (Phi) is 5.99. The molecule has 8 heteroatoms. The second-order valence-electron chi connectivity index (χ2n) is 10.5. The molecule has 1 amide bonds. The predicted molar refractivity (Wildman–Crippen MR) is 160 cm³/mol. The number of carbonyl (C=O) groups excluding carboxylic acids is 3. The summed E-state index contributed by atoms with van der Waals surface area (Å²) in [5, 5.41) is 3.51. The molecule has 1 spiro atoms. The van der Waals surface area contributed by atoms with Crippen LogP contribution in [0, 0.1) is 11.7 Å². The quantitative estimate of drug-likeness (QED) is 0.245. The van der Waals surface area contributed by atoms with Crippen LogP contribution in [0.4, 0.5) is 15.8 Å². The first-order chi connectivity index (χ1) is 19.8. The lowest BCUT2D eigenvalue weighted by molar-refractivity contribution is -0.121. The van der Waals surface area contributed by atoms with Gasteiger partial charge in [0, 0.05) is 32.0 Å². The number of ketones is 2. The molecule has 41 heavy (non-hydrogen) atoms. The maximum atomic E-state index is 14.7. The lowest BCUT2D eigenvalue weighted by Gasteiger charge is -2.37. The predicted octanol–water partition coefficient (Wildman–Crippen LogP) is 7.10. The fourth-order valence-corrected chi connectivity index (χ4v) is 7.18. The molecule has 1 fully saturated rings. The van der Waals surface area contributed by atoms with E-state index in [1.807, 2.05) is 35.3 Å². The van der Waals surface area contributed by atoms with Gasteiger partial charge >= 0.3 is 0 Å². The highest BCUT2D eigenvalue weighted by Gasteiger charge is 2.71. The fourth-order valence-electron chi connectivity index (χ4n) is 6.73. The minimum absolute atomic E-state index is 0.264. The number of hydrogen-bond acceptors (Lipinski definition) is 4. The molecule has 4 atom stereocenters. The molecule has 7 rings (SSSR count). The van der Waals surface area contributed by atoms with Gasteiger partial charge in [0.05, 0.1) is 12.0 Å². The van der Waals surface area contributed by atoms with Gasteiger partial charge in [-0.25, -0.2) is 4.39 Å². The topological polar surface area (TPSA) is 66.5 Å². The molecule has 0 aromatic heterocycles. The van der Waals surface area contributed by atoms with E-state index < -0.39 is 35.1 Å². The van der Waals surface area contributed by atoms with Gasteiger partial charge in [-0.1, -0.05) is 70.0 Å². The number of nitrogens with one attached hydrogen (secondary N) is 1. The number of hydrogen-bond donors (Lipinski definition) is 1. The van der Waals surface area contributed by atoms with Gasteiger partial charge in [-0.3, -0.25) is 14.4 Å². The third-order valence-electron chi connectivity index (χ3n) is 8.39. The van der Waals surface area contributed by atoms with Crippen LogP contribution in [-0.4, -0.2) is 29.6 Å². The minimum atomic E-state index is -1.58. The number of carbonyl (C=O) groups is 3. The van der Waals surface area contributed by atoms with E-state index in [0.717, 1.165) is 10.0 Å². The largest absolute Gasteiger partial charge is 0.352 e. The molecule has 3 aliphatic rings. The van der Waals surface area contributed by atoms with Gasteiger partial charge in [-0.2, -0.15) is 0 Å². The summed E-state index contributed by atoms with van der Waals surface area (Å²) in [6, 6.07) is 23.1. The number of rotatable bonds is 4. The van der Waals surface area contributed by atoms with Crippen LogP contribution in [0.15, 0.2) is 102 Å². The number of benzene rings is 4. The van der Waals surface area contributed by atoms with Gasteiger partial charge in [0.2, 0.25) is 5.91 Å². The average molecular weight is 628 g/mol. The molecule has 0 bridgehead atoms. The molecule has 1 saturated heterocycles. The van der Waals surface area contributed by atoms with Gasteiger partial charge in [-0.05, 0) is 71.8 Å². The fraction of sp³-hybridized carbons (Fsp3) is 0.121. The van der Waals surface area contributed by atoms with Crippen LogP contribution in [0.2, 0.25) is 5.02 Å². The van der Waals surface area contributed by atoms with Crippen molar-refractivity contribution in [3.05, 3.63) is 135 Å². The van der Waals surface area contributed by atoms with Crippen molar-refractivity contribution in [2.45, 2.75) is 17.5 Å². The monoisotopic (exact) mass is 626 g/mol. The third-order valence-corrected chi connectivity index (χ3v) is 9.15. The first-order valence-corrected chi connectivity index (χ1v) is 14.2. The Morgan fingerprint density at radius 1 is 0.902 bits per heavy atom. The second-order valence-corrected chi connectivity index (χ2v) is 11.8. The number of nitrogens with zero attached hydrogens (tertiary/aromatic N) is 1. The summed E-state index contributed by atoms with van der Waals surface area (Å²) in [6.07, 6.45) is 3.75. The number of para-hydroxylation sites is 1. The van der Waals surface area contributed by atoms with Crippen LogP contribution in [0.3, 0.4) is 0 Å². The Balaban J connectivity index is 1.54. The highest BCUT2D eigenvalue weighted by molar-refractivity contribution is 9.10. The average Bonchev–Trinajstić information content (AvgIpc) is 3.44. The van der Waals surface area contributed by atoms with Crippen LogP contribution < -0.4 is 10.2 Å². The van der Waals surface area contributed by atoms with E-state index in [0.29, 0.717) is 27.5 Å². The second kappa shape index (κ2) is 9.50. The Bertz CT molecular complexity index is 1790. The summed E-state index contributed by atoms with van der Waals surface area (Å²) in [6.45, 7) is 0. The van der Waals surface area contributed by atoms with Gasteiger partial charge in [0.15, 0.2) is 11.6 Å². The zero-order valence-electron chi connectivity index (χ0n) is 21.4. The van der Waals surface area contributed by atoms with Crippen molar-refractivity contribution in [1.82, 2.24) is 0 Å². The Morgan fingerprint density at radius 3 is 2.34 bits per heavy atom. The highest BCUT2D eigenvalue weighted by Crippen LogP contribution is 2.58. The lowest BCUT2D eigenvalue weighted by Crippen LogP contribution is -2.55. The van der Waals surface area contributed by atoms with Crippen molar-refractivity contribution >= 4 is 62.5 Å². The van der Waals surface area contributed by atoms with Crippen molar-refractivity contribution in [3.8, 4) is 0 Å². The highest BCUT2D eigenvalue weighted by atomic mass is 79.9. The third kappa shape index (κ3) is 3.76. The Labute approximate surface area is 248 Å². The van der Waals surface area contributed by atoms with E-state index in [1.165, 1.54) is 24.3 Å². The molecule has 1 N–H and O–H groups in total. The maximum absolute atomic E-state index is 14.7. The van der Waals surface area contributed by atoms with Crippen molar-refractivity contribution in [2.24, 2.45) is 5.92 Å². The molecule has 202 valence electrons. The molecule has 3 heterocycles. The molecule has 1 unspecified atom stereocenters. The van der Waals surface area contributed by atoms with Gasteiger partial charge in [0.1, 0.15) is 17.3 Å². The van der Waals surface area contributed by atoms with Crippen molar-refractivity contribution in [2.75, 3.05) is 10.2 Å². The van der Waals surface area contributed by atoms with Crippen LogP contribution in [-0.2, 0) is 10.2 Å². The molecule has 3 aliphatic heterocycles. The number of fused-ring (bicyclic) bond motifs is 5. The van der Waals surface area contributed by atoms with Crippen LogP contribution in [0.1, 0.15) is 31.8 Å². The first-order valence-electron chi connectivity index (χ1n) is 13.1. The minimum Gasteiger partial charge on any atom is -0.352 e. The number of amides is 1. The van der Waals surface area contributed by atoms with E-state index in [-0.39, 0.29) is 17.1 Å². The van der Waals surface area contributed by atoms with Crippen molar-refractivity contribution in [3.63, 3.8) is 0 Å². The SMILES string of the molecule is O=C(c1ccc(Br)cc1)[C@@H]1N2c3ccc(Cl)cc3C=CC2[C@H](C(=O)c2ccc(F)cc2)[C@]12C(=O)Nc1ccccc12. The number of halogens is 3. The smallest absolute Gasteiger partial charge is 0.238 e. The van der Waals surface area contributed by atoms with E-state index in [9.17, 15) is 18.8 Å². The molecule has 0 radical (unpaired) electrons. The summed E-state index contributed by atoms with van der Waals surface area (Å²) in [4.78, 5) is 45.6. The Hall–Kier alpha value is -4.07. The number of Topliss-reactive ketones (excluding diaryl/α,β-unsaturated/α-hetero) is 2. The van der Waals surface area contributed by atoms with E-state index >= 15 is 0 Å². The van der Waals surface area contributed by atoms with Crippen LogP contribution >= 0.6 is 27.5 Å². The van der Waals surface area contributed by atoms with Gasteiger partial charge < -0.3 is 10.2 Å². The van der Waals surface area contributed by atoms with Gasteiger partial charge in [-0.15, -0.1) is 0 Å². The van der Waals surface area contributed by atoms with Crippen molar-refractivity contribution < 1.29 is 18.8 Å². The normalized spacial score (nSPS) is 23.6. The van der Waals surface area contributed by atoms with E-state index in [2.05, 4.69) is 21.2 Å². The maximum Gasteiger partial charge on any atom is 0.238 e. The summed E-state index contributed by atoms with van der Waals surface area (Å²) in [5.74, 6) is -2.53. The summed E-state index contributed by atoms with van der Waals surface area (Å²) >= 11 is 9.77. The summed E-state index contributed by atoms with van der Waals surface area (Å²) in [5.41, 5.74) is 1.71. The Morgan fingerprint density at radius 2 is 1.59 bits per heavy atom. The molecule has 5 nitrogen and oxygen atoms in total. The zero-order chi connectivity index (χ0) is 28.5. The van der Waals surface area contributed by atoms with Crippen LogP contribution in [0.5, 0.6) is 0 Å². The molecule has 0 aliphatic carbocycles. The van der Waals surface area contributed by atoms with Crippen LogP contribution in [0.25, 0.3) is 6.08 Å². The summed E-state index contributed by atoms with van der Waals surface area (Å²) in [7, 11) is 0. The lowest BCUT2D eigenvalue weighted by atomic mass is 9.63. The molecular formula is C33H21BrClFN2O3. The van der Waals surface area contributed by atoms with Crippen molar-refractivity contribution in [1.29, 1.82) is 0 Å². The van der Waals surface area contributed by atoms with E-state index in [4.69, 9.17) is 11.6 Å². The number of anilines is 2. The molecular weight excluding hydrogens is 607 g/mol. The van der Waals surface area contributed by atoms with Gasteiger partial charge in [0.25, 0.3) is 0 Å². The first kappa shape index (κ1) is 25.9. The van der Waals surface area contributed by atoms with E-state index in [1.54, 1.807) is 48.5 Å².